The average Bonchev–Trinajstić information content (AvgIpc) is 1.09. The molecular formula is C104H132N6O32S4. The topological polar surface area (TPSA) is 531 Å². The first-order chi connectivity index (χ1) is 70.5. The van der Waals surface area contributed by atoms with Crippen LogP contribution in [0.4, 0.5) is 0 Å². The summed E-state index contributed by atoms with van der Waals surface area (Å²) >= 11 is 2.88. The number of nitrogens with one attached hydrogen (secondary N) is 6. The summed E-state index contributed by atoms with van der Waals surface area (Å²) in [7, 11) is 8.39. The molecule has 7 aromatic rings. The Morgan fingerprint density at radius 1 is 0.486 bits per heavy atom. The minimum absolute atomic E-state index is 0.0251. The average molecular weight is 2110 g/mol. The number of fused-ring (bicyclic) bond motifs is 3. The Balaban J connectivity index is 0.623. The van der Waals surface area contributed by atoms with Gasteiger partial charge in [-0.25, -0.2) is 4.79 Å². The van der Waals surface area contributed by atoms with Crippen molar-refractivity contribution in [3.8, 4) is 62.1 Å². The van der Waals surface area contributed by atoms with Crippen molar-refractivity contribution in [2.45, 2.75) is 163 Å². The van der Waals surface area contributed by atoms with E-state index in [1.165, 1.54) is 93.9 Å². The van der Waals surface area contributed by atoms with Gasteiger partial charge in [0.1, 0.15) is 36.8 Å². The molecule has 1 aliphatic carbocycles. The third-order valence-corrected chi connectivity index (χ3v) is 28.4. The normalized spacial score (nSPS) is 19.2. The summed E-state index contributed by atoms with van der Waals surface area (Å²) in [5, 5.41) is 94.6. The van der Waals surface area contributed by atoms with Crippen molar-refractivity contribution in [2.75, 3.05) is 163 Å². The standard InChI is InChI=1S/C104H132N6O32S4/c1-65(112)108-91-81(116)60-103(64-111,141-97(91)93(122)83(118)62-106-99(124)71-27-23-69(24-28-71)67-17-9-7-10-18-67)139-40-15-54-144-56-38-105-101(126)74-31-33-76(79(114)21-14-52-143-53-16-41-140-104(102(127)128)61-82(117)92(109-66(2)113)98(142-104)94(123)84(119)63-107-100(125)72-29-25-70(26-30-72)68-19-11-8-12-20-68)86(58-74)138-51-50-137-49-48-136-47-46-135-45-44-134-43-42-133-39-13-22-89(121)146-145-55-37-88(120)110-78-35-32-73-57-87(130-4)95(131-5)96(132-6)90(73)75-34-36-85(129-3)80(115)59-77(75)78/h7-12,17-20,23-31,33-34,36,57-59,64,78,81-84,91-94,97-98,116-119,122-123H,13-16,21-22,32,35,37-56,60-63H2,1-6H3,(H,105,126)(H,106,124)(H,107,125)(H,108,112)(H,109,113)(H,110,120)(H,127,128)/t78?,81-,82-,83+,84+,91+,92+,93+,94+,97+,98+,103+,104+/m0/s1. The number of carbonyl (C=O) groups is 10. The Labute approximate surface area is 863 Å². The summed E-state index contributed by atoms with van der Waals surface area (Å²) in [5.41, 5.74) is 7.06. The lowest BCUT2D eigenvalue weighted by Gasteiger charge is -2.46. The van der Waals surface area contributed by atoms with Gasteiger partial charge >= 0.3 is 5.97 Å². The lowest BCUT2D eigenvalue weighted by Crippen LogP contribution is -2.68. The summed E-state index contributed by atoms with van der Waals surface area (Å²) in [6.07, 6.45) is -11.6. The number of ether oxygens (including phenoxy) is 14. The molecule has 0 saturated carbocycles. The predicted molar refractivity (Wildman–Crippen MR) is 548 cm³/mol. The number of hydrogen-bond acceptors (Lipinski definition) is 35. The molecule has 0 radical (unpaired) electrons. The van der Waals surface area contributed by atoms with Crippen LogP contribution >= 0.6 is 45.1 Å². The van der Waals surface area contributed by atoms with E-state index in [0.717, 1.165) is 51.1 Å². The van der Waals surface area contributed by atoms with E-state index in [1.54, 1.807) is 60.7 Å². The molecule has 0 spiro atoms. The number of rotatable bonds is 64. The van der Waals surface area contributed by atoms with Crippen molar-refractivity contribution in [3.63, 3.8) is 0 Å². The molecule has 146 heavy (non-hydrogen) atoms. The van der Waals surface area contributed by atoms with Crippen molar-refractivity contribution in [1.82, 2.24) is 31.9 Å². The molecule has 0 bridgehead atoms. The van der Waals surface area contributed by atoms with Gasteiger partial charge in [-0.3, -0.25) is 47.9 Å². The van der Waals surface area contributed by atoms with Gasteiger partial charge in [0.25, 0.3) is 23.5 Å². The van der Waals surface area contributed by atoms with Gasteiger partial charge in [-0.15, -0.1) is 0 Å². The van der Waals surface area contributed by atoms with Gasteiger partial charge in [-0.05, 0) is 166 Å². The predicted octanol–water partition coefficient (Wildman–Crippen LogP) is 7.69. The number of aldehydes is 1. The molecule has 42 heteroatoms. The highest BCUT2D eigenvalue weighted by Crippen LogP contribution is 2.51. The summed E-state index contributed by atoms with van der Waals surface area (Å²) in [6, 6.07) is 40.4. The Hall–Kier alpha value is -10.7. The number of carboxylic acid groups (broad SMARTS) is 1. The van der Waals surface area contributed by atoms with E-state index in [-0.39, 0.29) is 141 Å². The largest absolute Gasteiger partial charge is 0.493 e. The Morgan fingerprint density at radius 3 is 1.53 bits per heavy atom. The number of aliphatic hydroxyl groups is 6. The summed E-state index contributed by atoms with van der Waals surface area (Å²) in [5.74, 6) is -5.99. The number of aryl methyl sites for hydroxylation is 1. The molecule has 794 valence electrons. The van der Waals surface area contributed by atoms with Crippen LogP contribution in [0.15, 0.2) is 156 Å². The van der Waals surface area contributed by atoms with Crippen LogP contribution in [-0.2, 0) is 77.8 Å². The number of ketones is 1. The van der Waals surface area contributed by atoms with Gasteiger partial charge in [-0.1, -0.05) is 102 Å². The van der Waals surface area contributed by atoms with Crippen molar-refractivity contribution in [3.05, 3.63) is 195 Å². The highest BCUT2D eigenvalue weighted by Gasteiger charge is 2.56. The van der Waals surface area contributed by atoms with Gasteiger partial charge in [0.2, 0.25) is 34.7 Å². The number of methoxy groups -OCH3 is 4. The van der Waals surface area contributed by atoms with Crippen LogP contribution in [0.2, 0.25) is 0 Å². The first-order valence-electron chi connectivity index (χ1n) is 48.2. The Bertz CT molecular complexity index is 5440. The molecule has 2 fully saturated rings. The number of aliphatic hydroxyl groups excluding tert-OH is 6. The molecule has 13 N–H and O–H groups in total. The molecule has 2 heterocycles. The summed E-state index contributed by atoms with van der Waals surface area (Å²) in [4.78, 5) is 144. The van der Waals surface area contributed by atoms with Gasteiger partial charge in [-0.2, -0.15) is 23.5 Å². The van der Waals surface area contributed by atoms with Crippen LogP contribution in [0.5, 0.6) is 28.7 Å². The van der Waals surface area contributed by atoms with Gasteiger partial charge in [0, 0.05) is 106 Å². The van der Waals surface area contributed by atoms with E-state index in [0.29, 0.717) is 129 Å². The molecule has 7 aromatic carbocycles. The third-order valence-electron chi connectivity index (χ3n) is 23.9. The second-order valence-electron chi connectivity index (χ2n) is 34.4. The van der Waals surface area contributed by atoms with Crippen molar-refractivity contribution >= 4 is 104 Å². The molecule has 1 unspecified atom stereocenters. The fourth-order valence-corrected chi connectivity index (χ4v) is 20.0. The molecule has 13 atom stereocenters. The molecule has 2 saturated heterocycles. The van der Waals surface area contributed by atoms with E-state index in [1.807, 2.05) is 66.7 Å². The fraction of sp³-hybridized carbons (Fsp3) is 0.490. The van der Waals surface area contributed by atoms with E-state index in [9.17, 15) is 88.5 Å². The first-order valence-corrected chi connectivity index (χ1v) is 52.8. The highest BCUT2D eigenvalue weighted by molar-refractivity contribution is 8.82. The number of Topliss-reactive ketones (excluding diaryl/α,β-unsaturated/α-hetero) is 1. The molecular weight excluding hydrogens is 1970 g/mol. The van der Waals surface area contributed by atoms with E-state index >= 15 is 0 Å². The van der Waals surface area contributed by atoms with Crippen LogP contribution in [-0.4, -0.2) is 330 Å². The van der Waals surface area contributed by atoms with Crippen molar-refractivity contribution in [1.29, 1.82) is 0 Å². The maximum atomic E-state index is 14.0. The number of benzene rings is 6. The monoisotopic (exact) mass is 2100 g/mol. The van der Waals surface area contributed by atoms with Crippen LogP contribution in [0.3, 0.4) is 0 Å². The van der Waals surface area contributed by atoms with Crippen LogP contribution in [0, 0.1) is 0 Å². The molecule has 3 aliphatic rings. The zero-order chi connectivity index (χ0) is 105. The molecule has 2 aliphatic heterocycles. The number of carbonyl (C=O) groups excluding carboxylic acids is 9. The summed E-state index contributed by atoms with van der Waals surface area (Å²) in [6.45, 7) is 3.80. The third kappa shape index (κ3) is 35.5. The van der Waals surface area contributed by atoms with Crippen LogP contribution in [0.25, 0.3) is 33.4 Å². The molecule has 0 aromatic heterocycles. The van der Waals surface area contributed by atoms with E-state index in [4.69, 9.17) is 66.3 Å². The zero-order valence-electron chi connectivity index (χ0n) is 82.5. The molecule has 38 nitrogen and oxygen atoms in total. The lowest BCUT2D eigenvalue weighted by molar-refractivity contribution is -0.310. The van der Waals surface area contributed by atoms with Crippen LogP contribution in [0.1, 0.15) is 137 Å². The number of amides is 6. The van der Waals surface area contributed by atoms with Crippen molar-refractivity contribution in [2.24, 2.45) is 0 Å². The quantitative estimate of drug-likeness (QED) is 0.00751. The highest BCUT2D eigenvalue weighted by atomic mass is 33.1. The zero-order valence-corrected chi connectivity index (χ0v) is 85.7. The van der Waals surface area contributed by atoms with Gasteiger partial charge in [0.05, 0.1) is 149 Å². The number of thioether (sulfide) groups is 2. The number of hydrogen-bond donors (Lipinski definition) is 13. The second-order valence-corrected chi connectivity index (χ2v) is 39.3. The summed E-state index contributed by atoms with van der Waals surface area (Å²) < 4.78 is 80.9. The van der Waals surface area contributed by atoms with Crippen LogP contribution < -0.4 is 61.0 Å². The molecule has 6 amide bonds. The second kappa shape index (κ2) is 61.3. The minimum atomic E-state index is -2.54. The molecule has 10 rings (SSSR count). The van der Waals surface area contributed by atoms with E-state index in [2.05, 4.69) is 31.9 Å². The smallest absolute Gasteiger partial charge is 0.364 e. The van der Waals surface area contributed by atoms with E-state index < -0.39 is 140 Å². The first kappa shape index (κ1) is 117. The lowest BCUT2D eigenvalue weighted by atomic mass is 9.88. The van der Waals surface area contributed by atoms with Crippen molar-refractivity contribution < 1.29 is 150 Å². The fourth-order valence-electron chi connectivity index (χ4n) is 16.5. The SMILES string of the molecule is COc1cc2c(c(OC)c1OC)-c1ccc(OC)c(=O)cc1C(NC(=O)CCSSC(=O)CCCOCCOCCOCCOCCOCCOc1cc(C(=O)NCCSCCCO[C@]3(C=O)C[C@H](O)[C@@H](NC(C)=O)[C@H]([C@H](O)[C@H](O)CNC(=O)c4ccc(-c5ccccc5)cc4)O3)ccc1C(=O)CCCSCCCO[C@]1(C(=O)O)C[C@H](O)[C@@H](NC(C)=O)[C@H]([C@H](O)[C@H](O)CNC(=O)c3ccc(-c4ccccc4)cc3)O1)CC2. The minimum Gasteiger partial charge on any atom is -0.493 e. The Kier molecular flexibility index (Phi) is 49.2. The maximum absolute atomic E-state index is 14.0. The maximum Gasteiger partial charge on any atom is 0.364 e. The van der Waals surface area contributed by atoms with Gasteiger partial charge < -0.3 is 134 Å². The van der Waals surface area contributed by atoms with Gasteiger partial charge in [0.15, 0.2) is 34.4 Å². The Morgan fingerprint density at radius 2 is 0.993 bits per heavy atom. The number of carboxylic acids is 1. The number of aliphatic carboxylic acids is 1.